The number of piperidine rings is 1. The minimum Gasteiger partial charge on any atom is -0.352 e. The molecular weight excluding hydrogens is 238 g/mol. The van der Waals surface area contributed by atoms with Crippen molar-refractivity contribution in [3.63, 3.8) is 0 Å². The molecular formula is C15H29N3O. The van der Waals surface area contributed by atoms with Gasteiger partial charge in [0.05, 0.1) is 6.54 Å². The number of hydrogen-bond donors (Lipinski definition) is 2. The second kappa shape index (κ2) is 7.85. The second-order valence-electron chi connectivity index (χ2n) is 6.09. The number of amides is 1. The minimum atomic E-state index is 0.220. The van der Waals surface area contributed by atoms with Crippen molar-refractivity contribution in [1.29, 1.82) is 0 Å². The third kappa shape index (κ3) is 5.11. The first-order valence-electron chi connectivity index (χ1n) is 8.00. The topological polar surface area (TPSA) is 44.4 Å². The SMILES string of the molecule is CCN(CC(=O)NC1CCCC1)CC1CCCNC1. The van der Waals surface area contributed by atoms with Crippen LogP contribution < -0.4 is 10.6 Å². The number of nitrogens with one attached hydrogen (secondary N) is 2. The molecule has 2 fully saturated rings. The molecule has 4 nitrogen and oxygen atoms in total. The molecule has 1 unspecified atom stereocenters. The van der Waals surface area contributed by atoms with E-state index in [1.807, 2.05) is 0 Å². The van der Waals surface area contributed by atoms with Crippen molar-refractivity contribution in [3.05, 3.63) is 0 Å². The molecule has 1 saturated carbocycles. The van der Waals surface area contributed by atoms with E-state index in [9.17, 15) is 4.79 Å². The summed E-state index contributed by atoms with van der Waals surface area (Å²) in [5.41, 5.74) is 0. The first-order valence-corrected chi connectivity index (χ1v) is 8.00. The van der Waals surface area contributed by atoms with Gasteiger partial charge in [-0.05, 0) is 51.2 Å². The quantitative estimate of drug-likeness (QED) is 0.764. The van der Waals surface area contributed by atoms with Gasteiger partial charge in [-0.3, -0.25) is 9.69 Å². The van der Waals surface area contributed by atoms with Crippen LogP contribution >= 0.6 is 0 Å². The van der Waals surface area contributed by atoms with Crippen LogP contribution in [0.15, 0.2) is 0 Å². The molecule has 4 heteroatoms. The van der Waals surface area contributed by atoms with Gasteiger partial charge >= 0.3 is 0 Å². The fraction of sp³-hybridized carbons (Fsp3) is 0.933. The van der Waals surface area contributed by atoms with Crippen LogP contribution in [0.4, 0.5) is 0 Å². The molecule has 1 amide bonds. The predicted molar refractivity (Wildman–Crippen MR) is 78.1 cm³/mol. The van der Waals surface area contributed by atoms with Crippen LogP contribution in [-0.4, -0.2) is 49.6 Å². The summed E-state index contributed by atoms with van der Waals surface area (Å²) in [7, 11) is 0. The van der Waals surface area contributed by atoms with Gasteiger partial charge < -0.3 is 10.6 Å². The normalized spacial score (nSPS) is 24.8. The largest absolute Gasteiger partial charge is 0.352 e. The molecule has 0 spiro atoms. The zero-order chi connectivity index (χ0) is 13.5. The van der Waals surface area contributed by atoms with Crippen molar-refractivity contribution >= 4 is 5.91 Å². The summed E-state index contributed by atoms with van der Waals surface area (Å²) in [6.07, 6.45) is 7.46. The molecule has 0 bridgehead atoms. The van der Waals surface area contributed by atoms with Gasteiger partial charge in [0.2, 0.25) is 5.91 Å². The standard InChI is InChI=1S/C15H29N3O/c1-2-18(11-13-6-5-9-16-10-13)12-15(19)17-14-7-3-4-8-14/h13-14,16H,2-12H2,1H3,(H,17,19). The van der Waals surface area contributed by atoms with Gasteiger partial charge in [0.15, 0.2) is 0 Å². The van der Waals surface area contributed by atoms with Gasteiger partial charge in [-0.1, -0.05) is 19.8 Å². The van der Waals surface area contributed by atoms with Crippen molar-refractivity contribution in [2.24, 2.45) is 5.92 Å². The number of carbonyl (C=O) groups is 1. The average Bonchev–Trinajstić information content (AvgIpc) is 2.92. The highest BCUT2D eigenvalue weighted by Crippen LogP contribution is 2.17. The Hall–Kier alpha value is -0.610. The second-order valence-corrected chi connectivity index (χ2v) is 6.09. The number of hydrogen-bond acceptors (Lipinski definition) is 3. The first kappa shape index (κ1) is 14.8. The Morgan fingerprint density at radius 3 is 2.68 bits per heavy atom. The summed E-state index contributed by atoms with van der Waals surface area (Å²) in [5, 5.41) is 6.63. The molecule has 2 rings (SSSR count). The Balaban J connectivity index is 1.69. The van der Waals surface area contributed by atoms with Crippen molar-refractivity contribution in [3.8, 4) is 0 Å². The summed E-state index contributed by atoms with van der Waals surface area (Å²) < 4.78 is 0. The molecule has 110 valence electrons. The Labute approximate surface area is 117 Å². The van der Waals surface area contributed by atoms with E-state index >= 15 is 0 Å². The highest BCUT2D eigenvalue weighted by Gasteiger charge is 2.20. The molecule has 1 atom stereocenters. The zero-order valence-electron chi connectivity index (χ0n) is 12.3. The van der Waals surface area contributed by atoms with E-state index in [0.29, 0.717) is 18.5 Å². The third-order valence-electron chi connectivity index (χ3n) is 4.45. The Bertz CT molecular complexity index is 271. The number of likely N-dealkylation sites (N-methyl/N-ethyl adjacent to an activating group) is 1. The predicted octanol–water partition coefficient (Wildman–Crippen LogP) is 1.37. The van der Waals surface area contributed by atoms with E-state index in [1.54, 1.807) is 0 Å². The van der Waals surface area contributed by atoms with E-state index in [1.165, 1.54) is 38.5 Å². The van der Waals surface area contributed by atoms with E-state index in [0.717, 1.165) is 26.2 Å². The third-order valence-corrected chi connectivity index (χ3v) is 4.45. The van der Waals surface area contributed by atoms with Crippen molar-refractivity contribution in [1.82, 2.24) is 15.5 Å². The molecule has 2 N–H and O–H groups in total. The molecule has 1 saturated heterocycles. The summed E-state index contributed by atoms with van der Waals surface area (Å²) in [6, 6.07) is 0.447. The summed E-state index contributed by atoms with van der Waals surface area (Å²) in [4.78, 5) is 14.3. The smallest absolute Gasteiger partial charge is 0.234 e. The summed E-state index contributed by atoms with van der Waals surface area (Å²) in [5.74, 6) is 0.936. The number of nitrogens with zero attached hydrogens (tertiary/aromatic N) is 1. The Morgan fingerprint density at radius 1 is 1.26 bits per heavy atom. The molecule has 1 aliphatic carbocycles. The monoisotopic (exact) mass is 267 g/mol. The maximum atomic E-state index is 12.0. The van der Waals surface area contributed by atoms with Crippen molar-refractivity contribution in [2.45, 2.75) is 51.5 Å². The molecule has 2 aliphatic rings. The van der Waals surface area contributed by atoms with Crippen LogP contribution in [0.25, 0.3) is 0 Å². The molecule has 1 aliphatic heterocycles. The molecule has 19 heavy (non-hydrogen) atoms. The van der Waals surface area contributed by atoms with Crippen LogP contribution in [0.3, 0.4) is 0 Å². The number of carbonyl (C=O) groups excluding carboxylic acids is 1. The van der Waals surface area contributed by atoms with E-state index in [2.05, 4.69) is 22.5 Å². The van der Waals surface area contributed by atoms with Crippen LogP contribution in [0.2, 0.25) is 0 Å². The van der Waals surface area contributed by atoms with Gasteiger partial charge in [0, 0.05) is 12.6 Å². The van der Waals surface area contributed by atoms with Crippen LogP contribution in [-0.2, 0) is 4.79 Å². The molecule has 1 heterocycles. The zero-order valence-corrected chi connectivity index (χ0v) is 12.3. The molecule has 0 radical (unpaired) electrons. The summed E-state index contributed by atoms with van der Waals surface area (Å²) in [6.45, 7) is 7.02. The van der Waals surface area contributed by atoms with Crippen molar-refractivity contribution in [2.75, 3.05) is 32.7 Å². The van der Waals surface area contributed by atoms with E-state index in [4.69, 9.17) is 0 Å². The summed E-state index contributed by atoms with van der Waals surface area (Å²) >= 11 is 0. The van der Waals surface area contributed by atoms with Crippen LogP contribution in [0.5, 0.6) is 0 Å². The van der Waals surface area contributed by atoms with Gasteiger partial charge in [0.25, 0.3) is 0 Å². The van der Waals surface area contributed by atoms with Gasteiger partial charge in [-0.2, -0.15) is 0 Å². The number of rotatable bonds is 6. The minimum absolute atomic E-state index is 0.220. The molecule has 0 aromatic carbocycles. The fourth-order valence-corrected chi connectivity index (χ4v) is 3.30. The highest BCUT2D eigenvalue weighted by atomic mass is 16.2. The van der Waals surface area contributed by atoms with Gasteiger partial charge in [-0.15, -0.1) is 0 Å². The Morgan fingerprint density at radius 2 is 2.05 bits per heavy atom. The fourth-order valence-electron chi connectivity index (χ4n) is 3.30. The van der Waals surface area contributed by atoms with Gasteiger partial charge in [-0.25, -0.2) is 0 Å². The van der Waals surface area contributed by atoms with E-state index < -0.39 is 0 Å². The lowest BCUT2D eigenvalue weighted by molar-refractivity contribution is -0.123. The first-order chi connectivity index (χ1) is 9.28. The lowest BCUT2D eigenvalue weighted by atomic mass is 9.99. The van der Waals surface area contributed by atoms with Gasteiger partial charge in [0.1, 0.15) is 0 Å². The lowest BCUT2D eigenvalue weighted by Gasteiger charge is -2.29. The maximum absolute atomic E-state index is 12.0. The maximum Gasteiger partial charge on any atom is 0.234 e. The van der Waals surface area contributed by atoms with Crippen LogP contribution in [0, 0.1) is 5.92 Å². The highest BCUT2D eigenvalue weighted by molar-refractivity contribution is 5.78. The average molecular weight is 267 g/mol. The van der Waals surface area contributed by atoms with E-state index in [-0.39, 0.29) is 5.91 Å². The van der Waals surface area contributed by atoms with Crippen LogP contribution in [0.1, 0.15) is 45.4 Å². The molecule has 0 aromatic rings. The molecule has 0 aromatic heterocycles. The lowest BCUT2D eigenvalue weighted by Crippen LogP contribution is -2.44. The van der Waals surface area contributed by atoms with Crippen molar-refractivity contribution < 1.29 is 4.79 Å². The Kier molecular flexibility index (Phi) is 6.11.